The molecule has 0 saturated heterocycles. The van der Waals surface area contributed by atoms with E-state index in [-0.39, 0.29) is 17.0 Å². The number of benzene rings is 1. The van der Waals surface area contributed by atoms with E-state index in [0.717, 1.165) is 6.21 Å². The van der Waals surface area contributed by atoms with Gasteiger partial charge in [0.15, 0.2) is 11.5 Å². The molecular weight excluding hydrogens is 318 g/mol. The van der Waals surface area contributed by atoms with Crippen molar-refractivity contribution in [3.63, 3.8) is 0 Å². The number of hydrogen-bond donors (Lipinski definition) is 1. The van der Waals surface area contributed by atoms with Crippen LogP contribution >= 0.6 is 0 Å². The highest BCUT2D eigenvalue weighted by molar-refractivity contribution is 5.96. The monoisotopic (exact) mass is 333 g/mol. The van der Waals surface area contributed by atoms with Crippen LogP contribution < -0.4 is 14.9 Å². The SMILES string of the molecule is COc1cc(/C=N/NC(=O)c2ccoc2C)c([N+](=O)[O-])cc1OC. The molecule has 126 valence electrons. The van der Waals surface area contributed by atoms with E-state index >= 15 is 0 Å². The number of aryl methyl sites for hydroxylation is 1. The number of carbonyl (C=O) groups is 1. The fourth-order valence-corrected chi connectivity index (χ4v) is 1.99. The molecule has 2 aromatic rings. The Hall–Kier alpha value is -3.36. The molecule has 0 aliphatic heterocycles. The lowest BCUT2D eigenvalue weighted by Crippen LogP contribution is -2.17. The summed E-state index contributed by atoms with van der Waals surface area (Å²) in [5, 5.41) is 14.9. The maximum atomic E-state index is 11.9. The molecule has 0 spiro atoms. The van der Waals surface area contributed by atoms with Gasteiger partial charge in [0, 0.05) is 0 Å². The summed E-state index contributed by atoms with van der Waals surface area (Å²) in [7, 11) is 2.79. The van der Waals surface area contributed by atoms with Crippen LogP contribution in [0.5, 0.6) is 11.5 Å². The maximum absolute atomic E-state index is 11.9. The second-order valence-corrected chi connectivity index (χ2v) is 4.61. The lowest BCUT2D eigenvalue weighted by Gasteiger charge is -2.08. The number of hydrazone groups is 1. The quantitative estimate of drug-likeness (QED) is 0.492. The Morgan fingerprint density at radius 1 is 1.33 bits per heavy atom. The minimum absolute atomic E-state index is 0.155. The first kappa shape index (κ1) is 17.0. The minimum atomic E-state index is -0.578. The molecule has 0 aliphatic carbocycles. The van der Waals surface area contributed by atoms with Gasteiger partial charge in [0.05, 0.1) is 48.8 Å². The number of rotatable bonds is 6. The molecule has 9 nitrogen and oxygen atoms in total. The topological polar surface area (TPSA) is 116 Å². The van der Waals surface area contributed by atoms with Gasteiger partial charge >= 0.3 is 0 Å². The van der Waals surface area contributed by atoms with Crippen LogP contribution in [0.3, 0.4) is 0 Å². The summed E-state index contributed by atoms with van der Waals surface area (Å²) < 4.78 is 15.2. The molecule has 24 heavy (non-hydrogen) atoms. The molecule has 9 heteroatoms. The van der Waals surface area contributed by atoms with Crippen LogP contribution in [0.15, 0.2) is 34.0 Å². The van der Waals surface area contributed by atoms with E-state index in [9.17, 15) is 14.9 Å². The van der Waals surface area contributed by atoms with E-state index in [1.807, 2.05) is 0 Å². The fraction of sp³-hybridized carbons (Fsp3) is 0.200. The largest absolute Gasteiger partial charge is 0.493 e. The standard InChI is InChI=1S/C15H15N3O6/c1-9-11(4-5-24-9)15(19)17-16-8-10-6-13(22-2)14(23-3)7-12(10)18(20)21/h4-8H,1-3H3,(H,17,19)/b16-8+. The molecule has 0 unspecified atom stereocenters. The van der Waals surface area contributed by atoms with Gasteiger partial charge in [0.1, 0.15) is 5.76 Å². The number of carbonyl (C=O) groups excluding carboxylic acids is 1. The second kappa shape index (κ2) is 7.27. The van der Waals surface area contributed by atoms with Crippen LogP contribution in [-0.2, 0) is 0 Å². The number of amides is 1. The summed E-state index contributed by atoms with van der Waals surface area (Å²) >= 11 is 0. The Morgan fingerprint density at radius 3 is 2.54 bits per heavy atom. The number of furan rings is 1. The smallest absolute Gasteiger partial charge is 0.282 e. The van der Waals surface area contributed by atoms with Gasteiger partial charge in [0.2, 0.25) is 0 Å². The highest BCUT2D eigenvalue weighted by atomic mass is 16.6. The van der Waals surface area contributed by atoms with Gasteiger partial charge in [-0.1, -0.05) is 0 Å². The lowest BCUT2D eigenvalue weighted by atomic mass is 10.1. The van der Waals surface area contributed by atoms with E-state index in [1.165, 1.54) is 38.7 Å². The normalized spacial score (nSPS) is 10.6. The molecular formula is C15H15N3O6. The maximum Gasteiger partial charge on any atom is 0.282 e. The molecule has 0 radical (unpaired) electrons. The highest BCUT2D eigenvalue weighted by Gasteiger charge is 2.18. The van der Waals surface area contributed by atoms with Gasteiger partial charge in [-0.15, -0.1) is 0 Å². The van der Waals surface area contributed by atoms with E-state index in [4.69, 9.17) is 13.9 Å². The van der Waals surface area contributed by atoms with Crippen LogP contribution in [0, 0.1) is 17.0 Å². The van der Waals surface area contributed by atoms with Crippen LogP contribution in [0.1, 0.15) is 21.7 Å². The number of ether oxygens (including phenoxy) is 2. The van der Waals surface area contributed by atoms with Crippen molar-refractivity contribution < 1.29 is 23.6 Å². The van der Waals surface area contributed by atoms with Gasteiger partial charge in [-0.05, 0) is 19.1 Å². The van der Waals surface area contributed by atoms with E-state index < -0.39 is 10.8 Å². The number of nitrogens with zero attached hydrogens (tertiary/aromatic N) is 2. The molecule has 0 aliphatic rings. The van der Waals surface area contributed by atoms with Gasteiger partial charge in [0.25, 0.3) is 11.6 Å². The molecule has 1 aromatic carbocycles. The summed E-state index contributed by atoms with van der Waals surface area (Å²) in [6, 6.07) is 4.12. The number of methoxy groups -OCH3 is 2. The molecule has 0 fully saturated rings. The van der Waals surface area contributed by atoms with Crippen molar-refractivity contribution in [2.45, 2.75) is 6.92 Å². The van der Waals surface area contributed by atoms with Crippen LogP contribution in [0.4, 0.5) is 5.69 Å². The van der Waals surface area contributed by atoms with Crippen molar-refractivity contribution in [3.8, 4) is 11.5 Å². The number of hydrogen-bond acceptors (Lipinski definition) is 7. The Kier molecular flexibility index (Phi) is 5.15. The summed E-state index contributed by atoms with van der Waals surface area (Å²) in [4.78, 5) is 22.5. The third-order valence-electron chi connectivity index (χ3n) is 3.20. The van der Waals surface area contributed by atoms with Crippen molar-refractivity contribution in [1.82, 2.24) is 5.43 Å². The average molecular weight is 333 g/mol. The van der Waals surface area contributed by atoms with Gasteiger partial charge in [-0.2, -0.15) is 5.10 Å². The van der Waals surface area contributed by atoms with E-state index in [0.29, 0.717) is 17.1 Å². The van der Waals surface area contributed by atoms with Crippen molar-refractivity contribution in [2.24, 2.45) is 5.10 Å². The van der Waals surface area contributed by atoms with Gasteiger partial charge in [-0.3, -0.25) is 14.9 Å². The summed E-state index contributed by atoms with van der Waals surface area (Å²) in [5.41, 5.74) is 2.53. The molecule has 1 N–H and O–H groups in total. The summed E-state index contributed by atoms with van der Waals surface area (Å²) in [6.45, 7) is 1.64. The van der Waals surface area contributed by atoms with Gasteiger partial charge in [-0.25, -0.2) is 5.43 Å². The second-order valence-electron chi connectivity index (χ2n) is 4.61. The number of nitrogens with one attached hydrogen (secondary N) is 1. The van der Waals surface area contributed by atoms with Crippen molar-refractivity contribution >= 4 is 17.8 Å². The first-order valence-electron chi connectivity index (χ1n) is 6.75. The molecule has 1 heterocycles. The molecule has 0 atom stereocenters. The van der Waals surface area contributed by atoms with Gasteiger partial charge < -0.3 is 13.9 Å². The zero-order valence-corrected chi connectivity index (χ0v) is 13.2. The number of nitro groups is 1. The molecule has 1 amide bonds. The minimum Gasteiger partial charge on any atom is -0.493 e. The molecule has 0 bridgehead atoms. The van der Waals surface area contributed by atoms with Crippen molar-refractivity contribution in [3.05, 3.63) is 51.5 Å². The Bertz CT molecular complexity index is 797. The summed E-state index contributed by atoms with van der Waals surface area (Å²) in [5.74, 6) is 0.487. The highest BCUT2D eigenvalue weighted by Crippen LogP contribution is 2.33. The molecule has 0 saturated carbocycles. The van der Waals surface area contributed by atoms with Crippen LogP contribution in [-0.4, -0.2) is 31.3 Å². The van der Waals surface area contributed by atoms with E-state index in [1.54, 1.807) is 6.92 Å². The van der Waals surface area contributed by atoms with Crippen molar-refractivity contribution in [2.75, 3.05) is 14.2 Å². The molecule has 1 aromatic heterocycles. The van der Waals surface area contributed by atoms with Crippen LogP contribution in [0.2, 0.25) is 0 Å². The Labute approximate surface area is 137 Å². The predicted molar refractivity (Wildman–Crippen MR) is 84.7 cm³/mol. The fourth-order valence-electron chi connectivity index (χ4n) is 1.99. The molecule has 2 rings (SSSR count). The third kappa shape index (κ3) is 3.51. The third-order valence-corrected chi connectivity index (χ3v) is 3.20. The number of nitro benzene ring substituents is 1. The zero-order chi connectivity index (χ0) is 17.7. The van der Waals surface area contributed by atoms with Crippen molar-refractivity contribution in [1.29, 1.82) is 0 Å². The zero-order valence-electron chi connectivity index (χ0n) is 13.2. The van der Waals surface area contributed by atoms with Crippen LogP contribution in [0.25, 0.3) is 0 Å². The first-order valence-corrected chi connectivity index (χ1v) is 6.75. The predicted octanol–water partition coefficient (Wildman–Crippen LogP) is 2.28. The summed E-state index contributed by atoms with van der Waals surface area (Å²) in [6.07, 6.45) is 2.54. The Morgan fingerprint density at radius 2 is 2.00 bits per heavy atom. The Balaban J connectivity index is 2.26. The first-order chi connectivity index (χ1) is 11.5. The average Bonchev–Trinajstić information content (AvgIpc) is 3.00. The van der Waals surface area contributed by atoms with E-state index in [2.05, 4.69) is 10.5 Å². The lowest BCUT2D eigenvalue weighted by molar-refractivity contribution is -0.385.